The van der Waals surface area contributed by atoms with E-state index in [2.05, 4.69) is 28.0 Å². The fourth-order valence-electron chi connectivity index (χ4n) is 3.30. The zero-order valence-electron chi connectivity index (χ0n) is 13.5. The number of fused-ring (bicyclic) bond motifs is 1. The van der Waals surface area contributed by atoms with E-state index in [-0.39, 0.29) is 5.97 Å². The van der Waals surface area contributed by atoms with Gasteiger partial charge in [-0.15, -0.1) is 11.3 Å². The SMILES string of the molecule is CCOC(=O)c1cc2ccc(N3CCN(C4CC4)CC3)cc2s1. The molecule has 5 heteroatoms. The minimum Gasteiger partial charge on any atom is -0.462 e. The van der Waals surface area contributed by atoms with Gasteiger partial charge in [0.15, 0.2) is 0 Å². The Hall–Kier alpha value is -1.59. The summed E-state index contributed by atoms with van der Waals surface area (Å²) in [5.41, 5.74) is 1.27. The average molecular weight is 330 g/mol. The van der Waals surface area contributed by atoms with Crippen LogP contribution in [0.2, 0.25) is 0 Å². The van der Waals surface area contributed by atoms with Gasteiger partial charge >= 0.3 is 5.97 Å². The van der Waals surface area contributed by atoms with Crippen LogP contribution in [-0.4, -0.2) is 49.7 Å². The van der Waals surface area contributed by atoms with Crippen LogP contribution < -0.4 is 4.90 Å². The van der Waals surface area contributed by atoms with E-state index in [0.717, 1.165) is 29.2 Å². The van der Waals surface area contributed by atoms with Gasteiger partial charge in [0.25, 0.3) is 0 Å². The second kappa shape index (κ2) is 6.13. The molecule has 0 spiro atoms. The van der Waals surface area contributed by atoms with Crippen LogP contribution in [0.1, 0.15) is 29.4 Å². The van der Waals surface area contributed by atoms with Gasteiger partial charge in [0.05, 0.1) is 6.61 Å². The summed E-state index contributed by atoms with van der Waals surface area (Å²) in [6.07, 6.45) is 2.77. The standard InChI is InChI=1S/C18H22N2O2S/c1-2-22-18(21)17-11-13-3-4-15(12-16(13)23-17)20-9-7-19(8-10-20)14-5-6-14/h3-4,11-12,14H,2,5-10H2,1H3. The molecule has 1 aromatic carbocycles. The molecular formula is C18H22N2O2S. The van der Waals surface area contributed by atoms with Gasteiger partial charge in [-0.2, -0.15) is 0 Å². The topological polar surface area (TPSA) is 32.8 Å². The van der Waals surface area contributed by atoms with Gasteiger partial charge in [0, 0.05) is 42.6 Å². The van der Waals surface area contributed by atoms with Gasteiger partial charge in [-0.25, -0.2) is 4.79 Å². The van der Waals surface area contributed by atoms with Crippen LogP contribution in [-0.2, 0) is 4.74 Å². The van der Waals surface area contributed by atoms with E-state index in [1.807, 2.05) is 13.0 Å². The van der Waals surface area contributed by atoms with Gasteiger partial charge < -0.3 is 9.64 Å². The van der Waals surface area contributed by atoms with E-state index < -0.39 is 0 Å². The lowest BCUT2D eigenvalue weighted by Crippen LogP contribution is -2.47. The van der Waals surface area contributed by atoms with Crippen LogP contribution in [0, 0.1) is 0 Å². The Morgan fingerprint density at radius 2 is 2.00 bits per heavy atom. The fraction of sp³-hybridized carbons (Fsp3) is 0.500. The predicted octanol–water partition coefficient (Wildman–Crippen LogP) is 3.36. The van der Waals surface area contributed by atoms with Crippen molar-refractivity contribution in [3.8, 4) is 0 Å². The van der Waals surface area contributed by atoms with Crippen molar-refractivity contribution < 1.29 is 9.53 Å². The molecule has 122 valence electrons. The van der Waals surface area contributed by atoms with E-state index >= 15 is 0 Å². The van der Waals surface area contributed by atoms with Gasteiger partial charge in [-0.3, -0.25) is 4.90 Å². The summed E-state index contributed by atoms with van der Waals surface area (Å²) in [6.45, 7) is 6.78. The highest BCUT2D eigenvalue weighted by atomic mass is 32.1. The van der Waals surface area contributed by atoms with Crippen molar-refractivity contribution in [1.82, 2.24) is 4.90 Å². The first-order chi connectivity index (χ1) is 11.2. The Bertz CT molecular complexity index is 715. The maximum Gasteiger partial charge on any atom is 0.348 e. The molecule has 4 rings (SSSR count). The molecule has 2 heterocycles. The molecule has 1 aliphatic carbocycles. The zero-order chi connectivity index (χ0) is 15.8. The summed E-state index contributed by atoms with van der Waals surface area (Å²) >= 11 is 1.53. The second-order valence-electron chi connectivity index (χ2n) is 6.31. The lowest BCUT2D eigenvalue weighted by atomic mass is 10.2. The van der Waals surface area contributed by atoms with E-state index in [9.17, 15) is 4.79 Å². The zero-order valence-corrected chi connectivity index (χ0v) is 14.3. The number of thiophene rings is 1. The number of nitrogens with zero attached hydrogens (tertiary/aromatic N) is 2. The molecule has 1 saturated heterocycles. The molecule has 2 aliphatic rings. The number of ether oxygens (including phenoxy) is 1. The third-order valence-electron chi connectivity index (χ3n) is 4.72. The molecule has 2 aromatic rings. The molecule has 0 unspecified atom stereocenters. The van der Waals surface area contributed by atoms with Gasteiger partial charge in [0.1, 0.15) is 4.88 Å². The Morgan fingerprint density at radius 1 is 1.22 bits per heavy atom. The van der Waals surface area contributed by atoms with Crippen LogP contribution >= 0.6 is 11.3 Å². The molecule has 0 amide bonds. The van der Waals surface area contributed by atoms with Crippen LogP contribution in [0.5, 0.6) is 0 Å². The lowest BCUT2D eigenvalue weighted by Gasteiger charge is -2.36. The first kappa shape index (κ1) is 15.0. The molecule has 0 bridgehead atoms. The molecule has 4 nitrogen and oxygen atoms in total. The fourth-order valence-corrected chi connectivity index (χ4v) is 4.29. The highest BCUT2D eigenvalue weighted by molar-refractivity contribution is 7.20. The average Bonchev–Trinajstić information content (AvgIpc) is 3.33. The quantitative estimate of drug-likeness (QED) is 0.805. The second-order valence-corrected chi connectivity index (χ2v) is 7.39. The molecule has 1 saturated carbocycles. The maximum atomic E-state index is 11.9. The summed E-state index contributed by atoms with van der Waals surface area (Å²) in [6, 6.07) is 9.32. The first-order valence-electron chi connectivity index (χ1n) is 8.44. The molecule has 0 atom stereocenters. The van der Waals surface area contributed by atoms with Crippen LogP contribution in [0.15, 0.2) is 24.3 Å². The summed E-state index contributed by atoms with van der Waals surface area (Å²) in [4.78, 5) is 17.7. The van der Waals surface area contributed by atoms with Crippen molar-refractivity contribution in [2.24, 2.45) is 0 Å². The van der Waals surface area contributed by atoms with E-state index in [1.165, 1.54) is 43.0 Å². The van der Waals surface area contributed by atoms with Crippen LogP contribution in [0.3, 0.4) is 0 Å². The van der Waals surface area contributed by atoms with Crippen molar-refractivity contribution in [2.75, 3.05) is 37.7 Å². The lowest BCUT2D eigenvalue weighted by molar-refractivity contribution is 0.0532. The number of hydrogen-bond acceptors (Lipinski definition) is 5. The minimum absolute atomic E-state index is 0.215. The molecule has 1 aromatic heterocycles. The number of carbonyl (C=O) groups excluding carboxylic acids is 1. The Balaban J connectivity index is 1.51. The van der Waals surface area contributed by atoms with Crippen LogP contribution in [0.25, 0.3) is 10.1 Å². The highest BCUT2D eigenvalue weighted by Gasteiger charge is 2.31. The third kappa shape index (κ3) is 3.08. The van der Waals surface area contributed by atoms with Crippen LogP contribution in [0.4, 0.5) is 5.69 Å². The highest BCUT2D eigenvalue weighted by Crippen LogP contribution is 2.32. The normalized spacial score (nSPS) is 19.3. The van der Waals surface area contributed by atoms with Crippen molar-refractivity contribution in [1.29, 1.82) is 0 Å². The molecule has 2 fully saturated rings. The predicted molar refractivity (Wildman–Crippen MR) is 94.6 cm³/mol. The van der Waals surface area contributed by atoms with E-state index in [4.69, 9.17) is 4.74 Å². The summed E-state index contributed by atoms with van der Waals surface area (Å²) in [5, 5.41) is 1.12. The number of hydrogen-bond donors (Lipinski definition) is 0. The largest absolute Gasteiger partial charge is 0.462 e. The molecule has 1 aliphatic heterocycles. The molecule has 0 radical (unpaired) electrons. The smallest absolute Gasteiger partial charge is 0.348 e. The van der Waals surface area contributed by atoms with Gasteiger partial charge in [-0.05, 0) is 43.4 Å². The van der Waals surface area contributed by atoms with Crippen molar-refractivity contribution >= 4 is 33.1 Å². The minimum atomic E-state index is -0.215. The van der Waals surface area contributed by atoms with E-state index in [1.54, 1.807) is 0 Å². The first-order valence-corrected chi connectivity index (χ1v) is 9.26. The molecule has 23 heavy (non-hydrogen) atoms. The molecular weight excluding hydrogens is 308 g/mol. The number of carbonyl (C=O) groups is 1. The number of rotatable bonds is 4. The Morgan fingerprint density at radius 3 is 2.70 bits per heavy atom. The number of anilines is 1. The van der Waals surface area contributed by atoms with Crippen molar-refractivity contribution in [3.05, 3.63) is 29.1 Å². The van der Waals surface area contributed by atoms with Crippen molar-refractivity contribution in [2.45, 2.75) is 25.8 Å². The summed E-state index contributed by atoms with van der Waals surface area (Å²) in [7, 11) is 0. The Kier molecular flexibility index (Phi) is 3.99. The van der Waals surface area contributed by atoms with Crippen molar-refractivity contribution in [3.63, 3.8) is 0 Å². The summed E-state index contributed by atoms with van der Waals surface area (Å²) < 4.78 is 6.26. The maximum absolute atomic E-state index is 11.9. The van der Waals surface area contributed by atoms with Gasteiger partial charge in [0.2, 0.25) is 0 Å². The van der Waals surface area contributed by atoms with E-state index in [0.29, 0.717) is 11.5 Å². The summed E-state index contributed by atoms with van der Waals surface area (Å²) in [5.74, 6) is -0.215. The number of esters is 1. The molecule has 0 N–H and O–H groups in total. The number of piperazine rings is 1. The monoisotopic (exact) mass is 330 g/mol. The third-order valence-corrected chi connectivity index (χ3v) is 5.80. The van der Waals surface area contributed by atoms with Gasteiger partial charge in [-0.1, -0.05) is 6.07 Å². The Labute approximate surface area is 140 Å². The number of benzene rings is 1.